The fraction of sp³-hybridized carbons (Fsp3) is 0.286. The molecule has 0 bridgehead atoms. The first-order chi connectivity index (χ1) is 9.51. The number of halogens is 1. The number of thiazole rings is 1. The van der Waals surface area contributed by atoms with Crippen LogP contribution in [0.3, 0.4) is 0 Å². The fourth-order valence-electron chi connectivity index (χ4n) is 1.83. The van der Waals surface area contributed by atoms with Gasteiger partial charge in [-0.25, -0.2) is 4.98 Å². The molecule has 2 rings (SSSR count). The Hall–Kier alpha value is -1.17. The van der Waals surface area contributed by atoms with Gasteiger partial charge >= 0.3 is 0 Å². The van der Waals surface area contributed by atoms with Crippen LogP contribution in [0.4, 0.5) is 5.69 Å². The van der Waals surface area contributed by atoms with Gasteiger partial charge in [-0.3, -0.25) is 0 Å². The minimum absolute atomic E-state index is 0.0758. The van der Waals surface area contributed by atoms with Crippen molar-refractivity contribution in [3.05, 3.63) is 44.9 Å². The van der Waals surface area contributed by atoms with Gasteiger partial charge in [-0.1, -0.05) is 30.7 Å². The molecule has 1 unspecified atom stereocenters. The van der Waals surface area contributed by atoms with Crippen LogP contribution >= 0.6 is 35.2 Å². The lowest BCUT2D eigenvalue weighted by Gasteiger charge is -2.16. The van der Waals surface area contributed by atoms with Crippen LogP contribution in [0.15, 0.2) is 24.4 Å². The third-order valence-corrected chi connectivity index (χ3v) is 4.69. The molecule has 1 aromatic heterocycles. The second kappa shape index (κ2) is 6.52. The normalized spacial score (nSPS) is 12.2. The van der Waals surface area contributed by atoms with Gasteiger partial charge in [0.2, 0.25) is 0 Å². The lowest BCUT2D eigenvalue weighted by atomic mass is 10.1. The molecule has 1 atom stereocenters. The van der Waals surface area contributed by atoms with Crippen LogP contribution in [0.5, 0.6) is 0 Å². The average molecular weight is 326 g/mol. The summed E-state index contributed by atoms with van der Waals surface area (Å²) in [5.74, 6) is 0. The van der Waals surface area contributed by atoms with E-state index in [1.54, 1.807) is 17.4 Å². The summed E-state index contributed by atoms with van der Waals surface area (Å²) in [4.78, 5) is 6.06. The van der Waals surface area contributed by atoms with E-state index in [0.29, 0.717) is 10.0 Å². The van der Waals surface area contributed by atoms with Crippen LogP contribution in [0.2, 0.25) is 5.02 Å². The van der Waals surface area contributed by atoms with Crippen LogP contribution in [0.1, 0.15) is 35.3 Å². The maximum atomic E-state index is 6.04. The third kappa shape index (κ3) is 3.48. The molecular weight excluding hydrogens is 310 g/mol. The molecule has 0 aliphatic rings. The number of hydrogen-bond donors (Lipinski definition) is 2. The van der Waals surface area contributed by atoms with Gasteiger partial charge in [0.1, 0.15) is 10.00 Å². The summed E-state index contributed by atoms with van der Waals surface area (Å²) in [6.45, 7) is 4.18. The van der Waals surface area contributed by atoms with Crippen molar-refractivity contribution < 1.29 is 0 Å². The maximum Gasteiger partial charge on any atom is 0.115 e. The van der Waals surface area contributed by atoms with Gasteiger partial charge in [-0.05, 0) is 31.5 Å². The van der Waals surface area contributed by atoms with Gasteiger partial charge in [-0.15, -0.1) is 11.3 Å². The summed E-state index contributed by atoms with van der Waals surface area (Å²) in [5.41, 5.74) is 7.37. The second-order valence-corrected chi connectivity index (χ2v) is 6.46. The highest BCUT2D eigenvalue weighted by Crippen LogP contribution is 2.27. The Bertz CT molecular complexity index is 625. The topological polar surface area (TPSA) is 50.9 Å². The summed E-state index contributed by atoms with van der Waals surface area (Å²) in [6.07, 6.45) is 2.92. The van der Waals surface area contributed by atoms with Crippen molar-refractivity contribution in [2.24, 2.45) is 5.73 Å². The first kappa shape index (κ1) is 15.2. The average Bonchev–Trinajstić information content (AvgIpc) is 2.87. The number of hydrogen-bond acceptors (Lipinski definition) is 4. The van der Waals surface area contributed by atoms with Gasteiger partial charge in [0, 0.05) is 27.3 Å². The van der Waals surface area contributed by atoms with E-state index < -0.39 is 0 Å². The minimum Gasteiger partial charge on any atom is -0.389 e. The first-order valence-corrected chi connectivity index (χ1v) is 7.92. The largest absolute Gasteiger partial charge is 0.389 e. The highest BCUT2D eigenvalue weighted by atomic mass is 35.5. The number of benzene rings is 1. The number of rotatable bonds is 5. The van der Waals surface area contributed by atoms with Gasteiger partial charge < -0.3 is 11.1 Å². The summed E-state index contributed by atoms with van der Waals surface area (Å²) in [5, 5.41) is 5.07. The van der Waals surface area contributed by atoms with Crippen LogP contribution in [0, 0.1) is 0 Å². The van der Waals surface area contributed by atoms with Gasteiger partial charge in [-0.2, -0.15) is 0 Å². The molecule has 0 aliphatic carbocycles. The number of aryl methyl sites for hydroxylation is 1. The Morgan fingerprint density at radius 1 is 1.55 bits per heavy atom. The summed E-state index contributed by atoms with van der Waals surface area (Å²) < 4.78 is 0. The lowest BCUT2D eigenvalue weighted by Crippen LogP contribution is -2.15. The zero-order valence-electron chi connectivity index (χ0n) is 11.3. The molecule has 1 heterocycles. The first-order valence-electron chi connectivity index (χ1n) is 6.31. The SMILES string of the molecule is CCc1cnc(C(C)Nc2cc(Cl)ccc2C(N)=S)s1. The van der Waals surface area contributed by atoms with E-state index in [1.807, 2.05) is 18.3 Å². The molecule has 20 heavy (non-hydrogen) atoms. The van der Waals surface area contributed by atoms with Crippen LogP contribution < -0.4 is 11.1 Å². The molecule has 3 N–H and O–H groups in total. The number of thiocarbonyl (C=S) groups is 1. The number of aromatic nitrogens is 1. The third-order valence-electron chi connectivity index (χ3n) is 2.91. The molecule has 1 aromatic carbocycles. The summed E-state index contributed by atoms with van der Waals surface area (Å²) >= 11 is 12.8. The standard InChI is InChI=1S/C14H16ClN3S2/c1-3-10-7-17-14(20-10)8(2)18-12-6-9(15)4-5-11(12)13(16)19/h4-8,18H,3H2,1-2H3,(H2,16,19). The van der Waals surface area contributed by atoms with E-state index >= 15 is 0 Å². The molecule has 2 aromatic rings. The number of nitrogens with zero attached hydrogens (tertiary/aromatic N) is 1. The second-order valence-electron chi connectivity index (χ2n) is 4.44. The zero-order chi connectivity index (χ0) is 14.7. The van der Waals surface area contributed by atoms with E-state index in [-0.39, 0.29) is 6.04 Å². The highest BCUT2D eigenvalue weighted by Gasteiger charge is 2.13. The quantitative estimate of drug-likeness (QED) is 0.810. The molecule has 106 valence electrons. The molecule has 0 amide bonds. The monoisotopic (exact) mass is 325 g/mol. The predicted molar refractivity (Wildman–Crippen MR) is 90.9 cm³/mol. The zero-order valence-corrected chi connectivity index (χ0v) is 13.7. The van der Waals surface area contributed by atoms with E-state index in [9.17, 15) is 0 Å². The molecule has 0 aliphatic heterocycles. The van der Waals surface area contributed by atoms with Crippen LogP contribution in [0.25, 0.3) is 0 Å². The summed E-state index contributed by atoms with van der Waals surface area (Å²) in [6, 6.07) is 5.52. The number of nitrogens with one attached hydrogen (secondary N) is 1. The predicted octanol–water partition coefficient (Wildman–Crippen LogP) is 4.17. The van der Waals surface area contributed by atoms with Crippen LogP contribution in [-0.2, 0) is 6.42 Å². The minimum atomic E-state index is 0.0758. The Labute approximate surface area is 133 Å². The summed E-state index contributed by atoms with van der Waals surface area (Å²) in [7, 11) is 0. The van der Waals surface area contributed by atoms with E-state index in [2.05, 4.69) is 24.1 Å². The molecule has 0 saturated carbocycles. The van der Waals surface area contributed by atoms with Crippen molar-refractivity contribution in [3.63, 3.8) is 0 Å². The van der Waals surface area contributed by atoms with Crippen molar-refractivity contribution in [1.29, 1.82) is 0 Å². The molecule has 0 saturated heterocycles. The van der Waals surface area contributed by atoms with E-state index in [1.165, 1.54) is 4.88 Å². The molecule has 0 spiro atoms. The van der Waals surface area contributed by atoms with Gasteiger partial charge in [0.15, 0.2) is 0 Å². The highest BCUT2D eigenvalue weighted by molar-refractivity contribution is 7.80. The molecule has 3 nitrogen and oxygen atoms in total. The van der Waals surface area contributed by atoms with Gasteiger partial charge in [0.05, 0.1) is 6.04 Å². The van der Waals surface area contributed by atoms with Gasteiger partial charge in [0.25, 0.3) is 0 Å². The maximum absolute atomic E-state index is 6.04. The Morgan fingerprint density at radius 3 is 2.90 bits per heavy atom. The fourth-order valence-corrected chi connectivity index (χ4v) is 3.04. The number of anilines is 1. The molecular formula is C14H16ClN3S2. The lowest BCUT2D eigenvalue weighted by molar-refractivity contribution is 0.869. The molecule has 0 fully saturated rings. The Morgan fingerprint density at radius 2 is 2.30 bits per heavy atom. The van der Waals surface area contributed by atoms with Crippen molar-refractivity contribution >= 4 is 45.8 Å². The number of nitrogens with two attached hydrogens (primary N) is 1. The van der Waals surface area contributed by atoms with E-state index in [4.69, 9.17) is 29.6 Å². The van der Waals surface area contributed by atoms with Crippen molar-refractivity contribution in [1.82, 2.24) is 4.98 Å². The van der Waals surface area contributed by atoms with Crippen molar-refractivity contribution in [2.45, 2.75) is 26.3 Å². The van der Waals surface area contributed by atoms with Crippen LogP contribution in [-0.4, -0.2) is 9.97 Å². The Balaban J connectivity index is 2.24. The smallest absolute Gasteiger partial charge is 0.115 e. The van der Waals surface area contributed by atoms with Crippen molar-refractivity contribution in [3.8, 4) is 0 Å². The molecule has 6 heteroatoms. The molecule has 0 radical (unpaired) electrons. The Kier molecular flexibility index (Phi) is 4.96. The van der Waals surface area contributed by atoms with Crippen molar-refractivity contribution in [2.75, 3.05) is 5.32 Å². The van der Waals surface area contributed by atoms with E-state index in [0.717, 1.165) is 22.7 Å².